The van der Waals surface area contributed by atoms with Crippen molar-refractivity contribution in [3.8, 4) is 11.5 Å². The molecular weight excluding hydrogens is 344 g/mol. The highest BCUT2D eigenvalue weighted by Gasteiger charge is 2.09. The van der Waals surface area contributed by atoms with Gasteiger partial charge in [0.05, 0.1) is 7.11 Å². The standard InChI is InChI=1S/C21H24N2O4/c1-4-7-15-10-11-18(19(12-15)26-3)27-14-21(25)23-17-9-6-8-16(13-17)22-20(24)5-2/h4,6,8-13H,1,5,7,14H2,2-3H3,(H,22,24)(H,23,25). The van der Waals surface area contributed by atoms with Gasteiger partial charge in [-0.3, -0.25) is 9.59 Å². The van der Waals surface area contributed by atoms with Crippen LogP contribution in [0.1, 0.15) is 18.9 Å². The van der Waals surface area contributed by atoms with Gasteiger partial charge in [-0.2, -0.15) is 0 Å². The number of carbonyl (C=O) groups excluding carboxylic acids is 2. The largest absolute Gasteiger partial charge is 0.493 e. The molecule has 0 fully saturated rings. The Morgan fingerprint density at radius 3 is 2.37 bits per heavy atom. The molecule has 2 amide bonds. The van der Waals surface area contributed by atoms with Gasteiger partial charge in [-0.15, -0.1) is 6.58 Å². The number of ether oxygens (including phenoxy) is 2. The molecule has 2 aromatic carbocycles. The summed E-state index contributed by atoms with van der Waals surface area (Å²) < 4.78 is 10.9. The smallest absolute Gasteiger partial charge is 0.262 e. The number of anilines is 2. The molecule has 0 bridgehead atoms. The zero-order chi connectivity index (χ0) is 19.6. The summed E-state index contributed by atoms with van der Waals surface area (Å²) in [5.74, 6) is 0.649. The Balaban J connectivity index is 1.95. The molecule has 2 N–H and O–H groups in total. The Kier molecular flexibility index (Phi) is 7.43. The Morgan fingerprint density at radius 2 is 1.74 bits per heavy atom. The Hall–Kier alpha value is -3.28. The van der Waals surface area contributed by atoms with Crippen LogP contribution in [0.15, 0.2) is 55.1 Å². The molecule has 0 unspecified atom stereocenters. The number of carbonyl (C=O) groups is 2. The molecule has 0 spiro atoms. The first-order valence-corrected chi connectivity index (χ1v) is 8.66. The van der Waals surface area contributed by atoms with Crippen molar-refractivity contribution in [2.24, 2.45) is 0 Å². The van der Waals surface area contributed by atoms with E-state index in [1.54, 1.807) is 50.4 Å². The van der Waals surface area contributed by atoms with Gasteiger partial charge in [-0.05, 0) is 42.3 Å². The maximum Gasteiger partial charge on any atom is 0.262 e. The molecule has 27 heavy (non-hydrogen) atoms. The lowest BCUT2D eigenvalue weighted by Crippen LogP contribution is -2.20. The van der Waals surface area contributed by atoms with E-state index < -0.39 is 0 Å². The van der Waals surface area contributed by atoms with Crippen molar-refractivity contribution >= 4 is 23.2 Å². The summed E-state index contributed by atoms with van der Waals surface area (Å²) in [4.78, 5) is 23.6. The highest BCUT2D eigenvalue weighted by atomic mass is 16.5. The van der Waals surface area contributed by atoms with Crippen LogP contribution >= 0.6 is 0 Å². The number of benzene rings is 2. The van der Waals surface area contributed by atoms with Crippen molar-refractivity contribution in [1.82, 2.24) is 0 Å². The van der Waals surface area contributed by atoms with Crippen molar-refractivity contribution in [1.29, 1.82) is 0 Å². The zero-order valence-corrected chi connectivity index (χ0v) is 15.6. The van der Waals surface area contributed by atoms with Crippen LogP contribution < -0.4 is 20.1 Å². The quantitative estimate of drug-likeness (QED) is 0.660. The summed E-state index contributed by atoms with van der Waals surface area (Å²) in [6.45, 7) is 5.32. The van der Waals surface area contributed by atoms with Gasteiger partial charge in [0, 0.05) is 17.8 Å². The van der Waals surface area contributed by atoms with E-state index in [2.05, 4.69) is 17.2 Å². The molecule has 2 rings (SSSR count). The average Bonchev–Trinajstić information content (AvgIpc) is 2.67. The lowest BCUT2D eigenvalue weighted by molar-refractivity contribution is -0.118. The van der Waals surface area contributed by atoms with Crippen LogP contribution in [0, 0.1) is 0 Å². The van der Waals surface area contributed by atoms with Crippen LogP contribution in [0.2, 0.25) is 0 Å². The normalized spacial score (nSPS) is 10.0. The summed E-state index contributed by atoms with van der Waals surface area (Å²) in [6, 6.07) is 12.5. The zero-order valence-electron chi connectivity index (χ0n) is 15.6. The fourth-order valence-corrected chi connectivity index (χ4v) is 2.39. The number of rotatable bonds is 9. The monoisotopic (exact) mass is 368 g/mol. The summed E-state index contributed by atoms with van der Waals surface area (Å²) in [5.41, 5.74) is 2.25. The first-order valence-electron chi connectivity index (χ1n) is 8.66. The molecule has 2 aromatic rings. The number of methoxy groups -OCH3 is 1. The summed E-state index contributed by atoms with van der Waals surface area (Å²) >= 11 is 0. The van der Waals surface area contributed by atoms with Gasteiger partial charge in [-0.1, -0.05) is 25.1 Å². The van der Waals surface area contributed by atoms with E-state index in [0.29, 0.717) is 29.3 Å². The average molecular weight is 368 g/mol. The van der Waals surface area contributed by atoms with E-state index in [4.69, 9.17) is 9.47 Å². The molecule has 6 nitrogen and oxygen atoms in total. The third-order valence-electron chi connectivity index (χ3n) is 3.72. The molecule has 0 saturated carbocycles. The molecule has 0 radical (unpaired) electrons. The maximum absolute atomic E-state index is 12.2. The predicted octanol–water partition coefficient (Wildman–Crippen LogP) is 3.79. The van der Waals surface area contributed by atoms with Gasteiger partial charge in [0.15, 0.2) is 18.1 Å². The molecule has 6 heteroatoms. The number of hydrogen-bond donors (Lipinski definition) is 2. The minimum absolute atomic E-state index is 0.0891. The van der Waals surface area contributed by atoms with Crippen LogP contribution in [0.5, 0.6) is 11.5 Å². The minimum Gasteiger partial charge on any atom is -0.493 e. The first kappa shape index (κ1) is 20.0. The topological polar surface area (TPSA) is 76.7 Å². The van der Waals surface area contributed by atoms with E-state index in [9.17, 15) is 9.59 Å². The van der Waals surface area contributed by atoms with Crippen LogP contribution in [0.4, 0.5) is 11.4 Å². The fourth-order valence-electron chi connectivity index (χ4n) is 2.39. The second-order valence-electron chi connectivity index (χ2n) is 5.80. The molecule has 0 aliphatic rings. The van der Waals surface area contributed by atoms with Gasteiger partial charge in [0.25, 0.3) is 5.91 Å². The third kappa shape index (κ3) is 6.18. The lowest BCUT2D eigenvalue weighted by Gasteiger charge is -2.12. The van der Waals surface area contributed by atoms with Crippen molar-refractivity contribution in [2.45, 2.75) is 19.8 Å². The van der Waals surface area contributed by atoms with Crippen molar-refractivity contribution < 1.29 is 19.1 Å². The van der Waals surface area contributed by atoms with E-state index in [0.717, 1.165) is 12.0 Å². The number of amides is 2. The highest BCUT2D eigenvalue weighted by Crippen LogP contribution is 2.28. The van der Waals surface area contributed by atoms with Gasteiger partial charge >= 0.3 is 0 Å². The van der Waals surface area contributed by atoms with Crippen LogP contribution in [0.3, 0.4) is 0 Å². The molecular formula is C21H24N2O4. The Labute approximate surface area is 159 Å². The molecule has 0 atom stereocenters. The fraction of sp³-hybridized carbons (Fsp3) is 0.238. The maximum atomic E-state index is 12.2. The SMILES string of the molecule is C=CCc1ccc(OCC(=O)Nc2cccc(NC(=O)CC)c2)c(OC)c1. The van der Waals surface area contributed by atoms with Gasteiger partial charge in [0.2, 0.25) is 5.91 Å². The molecule has 0 heterocycles. The van der Waals surface area contributed by atoms with Gasteiger partial charge in [0.1, 0.15) is 0 Å². The van der Waals surface area contributed by atoms with Crippen LogP contribution in [-0.2, 0) is 16.0 Å². The Morgan fingerprint density at radius 1 is 1.04 bits per heavy atom. The lowest BCUT2D eigenvalue weighted by atomic mass is 10.1. The number of hydrogen-bond acceptors (Lipinski definition) is 4. The second kappa shape index (κ2) is 10.0. The van der Waals surface area contributed by atoms with E-state index in [1.807, 2.05) is 12.1 Å². The van der Waals surface area contributed by atoms with Crippen molar-refractivity contribution in [3.63, 3.8) is 0 Å². The minimum atomic E-state index is -0.314. The number of allylic oxidation sites excluding steroid dienone is 1. The molecule has 142 valence electrons. The molecule has 0 aromatic heterocycles. The predicted molar refractivity (Wildman–Crippen MR) is 106 cm³/mol. The van der Waals surface area contributed by atoms with E-state index >= 15 is 0 Å². The van der Waals surface area contributed by atoms with Crippen LogP contribution in [0.25, 0.3) is 0 Å². The number of nitrogens with one attached hydrogen (secondary N) is 2. The molecule has 0 aliphatic heterocycles. The van der Waals surface area contributed by atoms with Crippen LogP contribution in [-0.4, -0.2) is 25.5 Å². The third-order valence-corrected chi connectivity index (χ3v) is 3.72. The van der Waals surface area contributed by atoms with E-state index in [1.165, 1.54) is 0 Å². The van der Waals surface area contributed by atoms with Crippen molar-refractivity contribution in [3.05, 3.63) is 60.7 Å². The highest BCUT2D eigenvalue weighted by molar-refractivity contribution is 5.94. The Bertz CT molecular complexity index is 818. The molecule has 0 aliphatic carbocycles. The summed E-state index contributed by atoms with van der Waals surface area (Å²) in [7, 11) is 1.55. The first-order chi connectivity index (χ1) is 13.0. The van der Waals surface area contributed by atoms with Crippen molar-refractivity contribution in [2.75, 3.05) is 24.4 Å². The van der Waals surface area contributed by atoms with Gasteiger partial charge < -0.3 is 20.1 Å². The summed E-state index contributed by atoms with van der Waals surface area (Å²) in [5, 5.41) is 5.49. The second-order valence-corrected chi connectivity index (χ2v) is 5.80. The summed E-state index contributed by atoms with van der Waals surface area (Å²) in [6.07, 6.45) is 2.92. The van der Waals surface area contributed by atoms with E-state index in [-0.39, 0.29) is 18.4 Å². The molecule has 0 saturated heterocycles. The van der Waals surface area contributed by atoms with Gasteiger partial charge in [-0.25, -0.2) is 0 Å².